The second kappa shape index (κ2) is 6.93. The van der Waals surface area contributed by atoms with E-state index in [-0.39, 0.29) is 18.9 Å². The first-order valence-corrected chi connectivity index (χ1v) is 5.56. The number of carbonyl (C=O) groups excluding carboxylic acids is 1. The summed E-state index contributed by atoms with van der Waals surface area (Å²) in [7, 11) is 0. The number of hydrogen-bond donors (Lipinski definition) is 2. The maximum atomic E-state index is 11.4. The smallest absolute Gasteiger partial charge is 0.407 e. The van der Waals surface area contributed by atoms with E-state index >= 15 is 0 Å². The predicted octanol–water partition coefficient (Wildman–Crippen LogP) is 2.18. The van der Waals surface area contributed by atoms with Crippen molar-refractivity contribution in [2.75, 3.05) is 6.61 Å². The minimum Gasteiger partial charge on any atom is -0.481 e. The molecule has 0 rings (SSSR count). The van der Waals surface area contributed by atoms with E-state index in [0.29, 0.717) is 6.42 Å². The third-order valence-electron chi connectivity index (χ3n) is 2.14. The second-order valence-corrected chi connectivity index (χ2v) is 4.74. The molecular formula is C12H21NO4. The SMILES string of the molecule is C=CCOC(=O)NC(C)(CC(=O)O)CC(C)C. The lowest BCUT2D eigenvalue weighted by molar-refractivity contribution is -0.138. The highest BCUT2D eigenvalue weighted by molar-refractivity contribution is 5.72. The molecule has 0 aliphatic carbocycles. The number of carboxylic acid groups (broad SMARTS) is 1. The molecule has 0 saturated carbocycles. The number of hydrogen-bond acceptors (Lipinski definition) is 3. The van der Waals surface area contributed by atoms with Crippen molar-refractivity contribution in [3.63, 3.8) is 0 Å². The Kier molecular flexibility index (Phi) is 6.31. The van der Waals surface area contributed by atoms with E-state index in [1.165, 1.54) is 6.08 Å². The van der Waals surface area contributed by atoms with Crippen molar-refractivity contribution in [2.45, 2.75) is 39.2 Å². The number of amides is 1. The fourth-order valence-corrected chi connectivity index (χ4v) is 1.82. The Labute approximate surface area is 102 Å². The summed E-state index contributed by atoms with van der Waals surface area (Å²) in [5.41, 5.74) is -0.793. The van der Waals surface area contributed by atoms with E-state index in [2.05, 4.69) is 11.9 Å². The van der Waals surface area contributed by atoms with Gasteiger partial charge in [0, 0.05) is 0 Å². The van der Waals surface area contributed by atoms with Crippen molar-refractivity contribution < 1.29 is 19.4 Å². The molecule has 5 nitrogen and oxygen atoms in total. The number of alkyl carbamates (subject to hydrolysis) is 1. The average molecular weight is 243 g/mol. The lowest BCUT2D eigenvalue weighted by Gasteiger charge is -2.30. The zero-order valence-corrected chi connectivity index (χ0v) is 10.7. The van der Waals surface area contributed by atoms with Gasteiger partial charge in [-0.1, -0.05) is 26.5 Å². The Balaban J connectivity index is 4.51. The molecule has 0 heterocycles. The summed E-state index contributed by atoms with van der Waals surface area (Å²) >= 11 is 0. The van der Waals surface area contributed by atoms with Gasteiger partial charge in [-0.2, -0.15) is 0 Å². The molecular weight excluding hydrogens is 222 g/mol. The quantitative estimate of drug-likeness (QED) is 0.672. The zero-order chi connectivity index (χ0) is 13.5. The standard InChI is InChI=1S/C12H21NO4/c1-5-6-17-11(16)13-12(4,7-9(2)3)8-10(14)15/h5,9H,1,6-8H2,2-4H3,(H,13,16)(H,14,15). The van der Waals surface area contributed by atoms with Crippen LogP contribution in [0.1, 0.15) is 33.6 Å². The van der Waals surface area contributed by atoms with Gasteiger partial charge < -0.3 is 15.2 Å². The van der Waals surface area contributed by atoms with Crippen LogP contribution in [0.15, 0.2) is 12.7 Å². The van der Waals surface area contributed by atoms with Crippen molar-refractivity contribution in [2.24, 2.45) is 5.92 Å². The molecule has 1 atom stereocenters. The Bertz CT molecular complexity index is 288. The highest BCUT2D eigenvalue weighted by Crippen LogP contribution is 2.20. The van der Waals surface area contributed by atoms with E-state index in [4.69, 9.17) is 9.84 Å². The third-order valence-corrected chi connectivity index (χ3v) is 2.14. The number of carbonyl (C=O) groups is 2. The van der Waals surface area contributed by atoms with Crippen LogP contribution in [0.4, 0.5) is 4.79 Å². The average Bonchev–Trinajstić information content (AvgIpc) is 2.10. The Morgan fingerprint density at radius 1 is 1.53 bits per heavy atom. The van der Waals surface area contributed by atoms with Crippen LogP contribution in [-0.2, 0) is 9.53 Å². The van der Waals surface area contributed by atoms with Crippen molar-refractivity contribution in [3.8, 4) is 0 Å². The lowest BCUT2D eigenvalue weighted by Crippen LogP contribution is -2.48. The molecule has 17 heavy (non-hydrogen) atoms. The maximum absolute atomic E-state index is 11.4. The molecule has 0 saturated heterocycles. The summed E-state index contributed by atoms with van der Waals surface area (Å²) in [6.45, 7) is 9.18. The van der Waals surface area contributed by atoms with Gasteiger partial charge in [-0.25, -0.2) is 4.79 Å². The molecule has 0 aliphatic rings. The van der Waals surface area contributed by atoms with Gasteiger partial charge in [-0.3, -0.25) is 4.79 Å². The van der Waals surface area contributed by atoms with Gasteiger partial charge in [-0.15, -0.1) is 0 Å². The molecule has 2 N–H and O–H groups in total. The van der Waals surface area contributed by atoms with Gasteiger partial charge >= 0.3 is 12.1 Å². The largest absolute Gasteiger partial charge is 0.481 e. The van der Waals surface area contributed by atoms with Crippen molar-refractivity contribution in [3.05, 3.63) is 12.7 Å². The number of ether oxygens (including phenoxy) is 1. The summed E-state index contributed by atoms with van der Waals surface area (Å²) in [6.07, 6.45) is 1.28. The molecule has 0 aromatic heterocycles. The highest BCUT2D eigenvalue weighted by Gasteiger charge is 2.30. The fraction of sp³-hybridized carbons (Fsp3) is 0.667. The second-order valence-electron chi connectivity index (χ2n) is 4.74. The number of nitrogens with one attached hydrogen (secondary N) is 1. The first kappa shape index (κ1) is 15.5. The van der Waals surface area contributed by atoms with E-state index < -0.39 is 17.6 Å². The zero-order valence-electron chi connectivity index (χ0n) is 10.7. The Morgan fingerprint density at radius 2 is 2.12 bits per heavy atom. The molecule has 98 valence electrons. The van der Waals surface area contributed by atoms with Gasteiger partial charge in [-0.05, 0) is 19.3 Å². The van der Waals surface area contributed by atoms with Crippen LogP contribution < -0.4 is 5.32 Å². The molecule has 1 unspecified atom stereocenters. The molecule has 0 bridgehead atoms. The topological polar surface area (TPSA) is 75.6 Å². The minimum atomic E-state index is -0.947. The molecule has 0 fully saturated rings. The molecule has 0 aromatic rings. The van der Waals surface area contributed by atoms with Crippen LogP contribution in [0.5, 0.6) is 0 Å². The van der Waals surface area contributed by atoms with Crippen LogP contribution in [-0.4, -0.2) is 29.3 Å². The van der Waals surface area contributed by atoms with Gasteiger partial charge in [0.1, 0.15) is 6.61 Å². The summed E-state index contributed by atoms with van der Waals surface area (Å²) in [6, 6.07) is 0. The van der Waals surface area contributed by atoms with Crippen LogP contribution >= 0.6 is 0 Å². The fourth-order valence-electron chi connectivity index (χ4n) is 1.82. The molecule has 5 heteroatoms. The normalized spacial score (nSPS) is 13.9. The van der Waals surface area contributed by atoms with Crippen LogP contribution in [0, 0.1) is 5.92 Å². The van der Waals surface area contributed by atoms with Crippen molar-refractivity contribution >= 4 is 12.1 Å². The van der Waals surface area contributed by atoms with Crippen molar-refractivity contribution in [1.29, 1.82) is 0 Å². The van der Waals surface area contributed by atoms with E-state index in [0.717, 1.165) is 0 Å². The minimum absolute atomic E-state index is 0.108. The number of rotatable bonds is 7. The summed E-state index contributed by atoms with van der Waals surface area (Å²) in [4.78, 5) is 22.2. The van der Waals surface area contributed by atoms with Gasteiger partial charge in [0.05, 0.1) is 12.0 Å². The Hall–Kier alpha value is -1.52. The van der Waals surface area contributed by atoms with Crippen LogP contribution in [0.25, 0.3) is 0 Å². The van der Waals surface area contributed by atoms with Gasteiger partial charge in [0.25, 0.3) is 0 Å². The first-order chi connectivity index (χ1) is 7.79. The molecule has 0 spiro atoms. The van der Waals surface area contributed by atoms with E-state index in [1.54, 1.807) is 6.92 Å². The predicted molar refractivity (Wildman–Crippen MR) is 64.8 cm³/mol. The number of aliphatic carboxylic acids is 1. The monoisotopic (exact) mass is 243 g/mol. The molecule has 0 aromatic carbocycles. The molecule has 0 radical (unpaired) electrons. The van der Waals surface area contributed by atoms with Crippen molar-refractivity contribution in [1.82, 2.24) is 5.32 Å². The Morgan fingerprint density at radius 3 is 2.53 bits per heavy atom. The first-order valence-electron chi connectivity index (χ1n) is 5.56. The van der Waals surface area contributed by atoms with Gasteiger partial charge in [0.2, 0.25) is 0 Å². The number of carboxylic acids is 1. The van der Waals surface area contributed by atoms with E-state index in [1.807, 2.05) is 13.8 Å². The summed E-state index contributed by atoms with van der Waals surface area (Å²) < 4.78 is 4.79. The summed E-state index contributed by atoms with van der Waals surface area (Å²) in [5, 5.41) is 11.4. The third kappa shape index (κ3) is 7.38. The van der Waals surface area contributed by atoms with E-state index in [9.17, 15) is 9.59 Å². The van der Waals surface area contributed by atoms with Gasteiger partial charge in [0.15, 0.2) is 0 Å². The maximum Gasteiger partial charge on any atom is 0.407 e. The lowest BCUT2D eigenvalue weighted by atomic mass is 9.88. The van der Waals surface area contributed by atoms with Crippen LogP contribution in [0.3, 0.4) is 0 Å². The highest BCUT2D eigenvalue weighted by atomic mass is 16.5. The molecule has 1 amide bonds. The summed E-state index contributed by atoms with van der Waals surface area (Å²) in [5.74, 6) is -0.670. The van der Waals surface area contributed by atoms with Crippen LogP contribution in [0.2, 0.25) is 0 Å². The molecule has 0 aliphatic heterocycles.